The van der Waals surface area contributed by atoms with Crippen LogP contribution in [0, 0.1) is 0 Å². The number of aromatic nitrogens is 6. The predicted molar refractivity (Wildman–Crippen MR) is 84.3 cm³/mol. The number of rotatable bonds is 5. The third kappa shape index (κ3) is 2.34. The fourth-order valence-corrected chi connectivity index (χ4v) is 3.17. The summed E-state index contributed by atoms with van der Waals surface area (Å²) in [4.78, 5) is 20.5. The molecule has 3 aromatic rings. The molecule has 4 rings (SSSR count). The zero-order valence-corrected chi connectivity index (χ0v) is 13.4. The Balaban J connectivity index is 1.54. The Kier molecular flexibility index (Phi) is 3.51. The summed E-state index contributed by atoms with van der Waals surface area (Å²) in [5.41, 5.74) is 0.867. The summed E-state index contributed by atoms with van der Waals surface area (Å²) < 4.78 is 8.24. The molecule has 0 spiro atoms. The van der Waals surface area contributed by atoms with E-state index in [0.29, 0.717) is 18.9 Å². The lowest BCUT2D eigenvalue weighted by Gasteiger charge is -2.39. The first kappa shape index (κ1) is 14.8. The van der Waals surface area contributed by atoms with Crippen molar-refractivity contribution in [2.75, 3.05) is 0 Å². The van der Waals surface area contributed by atoms with E-state index >= 15 is 0 Å². The summed E-state index contributed by atoms with van der Waals surface area (Å²) in [6, 6.07) is 4.03. The highest BCUT2D eigenvalue weighted by Crippen LogP contribution is 2.47. The summed E-state index contributed by atoms with van der Waals surface area (Å²) >= 11 is 0. The van der Waals surface area contributed by atoms with Crippen molar-refractivity contribution in [1.82, 2.24) is 29.5 Å². The third-order valence-electron chi connectivity index (χ3n) is 4.76. The van der Waals surface area contributed by atoms with Crippen molar-refractivity contribution in [3.8, 4) is 0 Å². The van der Waals surface area contributed by atoms with E-state index in [1.54, 1.807) is 19.4 Å². The van der Waals surface area contributed by atoms with E-state index < -0.39 is 0 Å². The molecule has 0 aliphatic heterocycles. The van der Waals surface area contributed by atoms with Gasteiger partial charge in [-0.15, -0.1) is 0 Å². The molecule has 8 nitrogen and oxygen atoms in total. The average Bonchev–Trinajstić information content (AvgIpc) is 3.14. The topological polar surface area (TPSA) is 91.6 Å². The minimum Gasteiger partial charge on any atom is -0.339 e. The Morgan fingerprint density at radius 1 is 1.29 bits per heavy atom. The fraction of sp³-hybridized carbons (Fsp3) is 0.438. The van der Waals surface area contributed by atoms with Gasteiger partial charge in [-0.05, 0) is 30.5 Å². The monoisotopic (exact) mass is 326 g/mol. The average molecular weight is 326 g/mol. The molecule has 0 amide bonds. The molecular weight excluding hydrogens is 308 g/mol. The lowest BCUT2D eigenvalue weighted by molar-refractivity contribution is 0.270. The lowest BCUT2D eigenvalue weighted by Crippen LogP contribution is -2.36. The van der Waals surface area contributed by atoms with Crippen molar-refractivity contribution >= 4 is 0 Å². The molecule has 0 atom stereocenters. The number of nitrogens with zero attached hydrogens (tertiary/aromatic N) is 6. The molecule has 124 valence electrons. The zero-order chi connectivity index (χ0) is 16.6. The van der Waals surface area contributed by atoms with Gasteiger partial charge in [0.15, 0.2) is 5.82 Å². The van der Waals surface area contributed by atoms with Crippen LogP contribution in [0.25, 0.3) is 0 Å². The first-order chi connectivity index (χ1) is 11.7. The standard InChI is InChI=1S/C16H18N6O2/c1-21-11-18-22(15(21)23)10-5-13-19-14(20-24-13)16(6-2-7-16)12-3-8-17-9-4-12/h3-4,8-9,11H,2,5-7,10H2,1H3. The van der Waals surface area contributed by atoms with Crippen LogP contribution < -0.4 is 5.69 Å². The summed E-state index contributed by atoms with van der Waals surface area (Å²) in [5.74, 6) is 1.26. The normalized spacial score (nSPS) is 16.0. The highest BCUT2D eigenvalue weighted by Gasteiger charge is 2.44. The van der Waals surface area contributed by atoms with E-state index in [0.717, 1.165) is 25.1 Å². The van der Waals surface area contributed by atoms with Gasteiger partial charge in [-0.25, -0.2) is 9.48 Å². The van der Waals surface area contributed by atoms with Gasteiger partial charge in [-0.3, -0.25) is 9.55 Å². The second-order valence-electron chi connectivity index (χ2n) is 6.18. The highest BCUT2D eigenvalue weighted by molar-refractivity contribution is 5.33. The van der Waals surface area contributed by atoms with Crippen molar-refractivity contribution in [1.29, 1.82) is 0 Å². The molecule has 0 N–H and O–H groups in total. The highest BCUT2D eigenvalue weighted by atomic mass is 16.5. The first-order valence-corrected chi connectivity index (χ1v) is 8.01. The Morgan fingerprint density at radius 2 is 2.08 bits per heavy atom. The van der Waals surface area contributed by atoms with Crippen LogP contribution >= 0.6 is 0 Å². The van der Waals surface area contributed by atoms with Crippen LogP contribution in [0.3, 0.4) is 0 Å². The molecule has 8 heteroatoms. The number of hydrogen-bond acceptors (Lipinski definition) is 6. The van der Waals surface area contributed by atoms with Crippen LogP contribution in [0.5, 0.6) is 0 Å². The quantitative estimate of drug-likeness (QED) is 0.696. The Labute approximate surface area is 138 Å². The van der Waals surface area contributed by atoms with E-state index in [1.165, 1.54) is 21.1 Å². The molecule has 1 aliphatic carbocycles. The van der Waals surface area contributed by atoms with Crippen molar-refractivity contribution in [3.63, 3.8) is 0 Å². The molecular formula is C16H18N6O2. The van der Waals surface area contributed by atoms with Crippen LogP contribution in [0.4, 0.5) is 0 Å². The minimum absolute atomic E-state index is 0.151. The molecule has 0 saturated heterocycles. The van der Waals surface area contributed by atoms with Gasteiger partial charge >= 0.3 is 5.69 Å². The molecule has 0 aromatic carbocycles. The second kappa shape index (κ2) is 5.70. The van der Waals surface area contributed by atoms with Gasteiger partial charge in [0.2, 0.25) is 5.89 Å². The van der Waals surface area contributed by atoms with Crippen LogP contribution in [0.15, 0.2) is 40.2 Å². The zero-order valence-electron chi connectivity index (χ0n) is 13.4. The summed E-state index contributed by atoms with van der Waals surface area (Å²) in [6.45, 7) is 0.420. The van der Waals surface area contributed by atoms with E-state index in [2.05, 4.69) is 20.2 Å². The number of hydrogen-bond donors (Lipinski definition) is 0. The molecule has 0 unspecified atom stereocenters. The lowest BCUT2D eigenvalue weighted by atomic mass is 9.64. The largest absolute Gasteiger partial charge is 0.345 e. The smallest absolute Gasteiger partial charge is 0.339 e. The van der Waals surface area contributed by atoms with Gasteiger partial charge in [0, 0.05) is 25.9 Å². The molecule has 0 radical (unpaired) electrons. The summed E-state index contributed by atoms with van der Waals surface area (Å²) in [6.07, 6.45) is 8.74. The van der Waals surface area contributed by atoms with Crippen molar-refractivity contribution in [2.24, 2.45) is 7.05 Å². The number of aryl methyl sites for hydroxylation is 3. The SMILES string of the molecule is Cn1cnn(CCc2nc(C3(c4ccncc4)CCC3)no2)c1=O. The van der Waals surface area contributed by atoms with Crippen LogP contribution in [-0.2, 0) is 25.4 Å². The maximum atomic E-state index is 11.8. The van der Waals surface area contributed by atoms with Gasteiger partial charge in [-0.1, -0.05) is 11.6 Å². The molecule has 3 aromatic heterocycles. The van der Waals surface area contributed by atoms with E-state index in [1.807, 2.05) is 12.1 Å². The van der Waals surface area contributed by atoms with E-state index in [-0.39, 0.29) is 11.1 Å². The van der Waals surface area contributed by atoms with Crippen LogP contribution in [-0.4, -0.2) is 29.5 Å². The first-order valence-electron chi connectivity index (χ1n) is 8.01. The van der Waals surface area contributed by atoms with E-state index in [9.17, 15) is 4.79 Å². The predicted octanol–water partition coefficient (Wildman–Crippen LogP) is 1.07. The Morgan fingerprint density at radius 3 is 2.71 bits per heavy atom. The van der Waals surface area contributed by atoms with Crippen LogP contribution in [0.2, 0.25) is 0 Å². The minimum atomic E-state index is -0.160. The Bertz CT molecular complexity index is 891. The van der Waals surface area contributed by atoms with Gasteiger partial charge in [0.05, 0.1) is 12.0 Å². The maximum absolute atomic E-state index is 11.8. The van der Waals surface area contributed by atoms with Gasteiger partial charge in [0.25, 0.3) is 0 Å². The summed E-state index contributed by atoms with van der Waals surface area (Å²) in [7, 11) is 1.67. The maximum Gasteiger partial charge on any atom is 0.345 e. The van der Waals surface area contributed by atoms with Crippen molar-refractivity contribution in [2.45, 2.75) is 37.6 Å². The molecule has 1 fully saturated rings. The molecule has 24 heavy (non-hydrogen) atoms. The second-order valence-corrected chi connectivity index (χ2v) is 6.18. The third-order valence-corrected chi connectivity index (χ3v) is 4.76. The van der Waals surface area contributed by atoms with Crippen molar-refractivity contribution in [3.05, 3.63) is 58.6 Å². The van der Waals surface area contributed by atoms with E-state index in [4.69, 9.17) is 4.52 Å². The van der Waals surface area contributed by atoms with Gasteiger partial charge in [0.1, 0.15) is 6.33 Å². The molecule has 1 aliphatic rings. The van der Waals surface area contributed by atoms with Gasteiger partial charge in [-0.2, -0.15) is 10.1 Å². The molecule has 1 saturated carbocycles. The fourth-order valence-electron chi connectivity index (χ4n) is 3.17. The molecule has 0 bridgehead atoms. The number of pyridine rings is 1. The van der Waals surface area contributed by atoms with Gasteiger partial charge < -0.3 is 4.52 Å². The molecule has 3 heterocycles. The van der Waals surface area contributed by atoms with Crippen LogP contribution in [0.1, 0.15) is 36.5 Å². The van der Waals surface area contributed by atoms with Crippen molar-refractivity contribution < 1.29 is 4.52 Å². The Hall–Kier alpha value is -2.77. The summed E-state index contributed by atoms with van der Waals surface area (Å²) in [5, 5.41) is 8.24.